The van der Waals surface area contributed by atoms with Gasteiger partial charge in [0.25, 0.3) is 0 Å². The van der Waals surface area contributed by atoms with Crippen LogP contribution in [0, 0.1) is 5.92 Å². The predicted octanol–water partition coefficient (Wildman–Crippen LogP) is 5.47. The molecule has 3 aromatic rings. The number of amides is 1. The Morgan fingerprint density at radius 1 is 0.893 bits per heavy atom. The number of nitrogens with two attached hydrogens (primary N) is 1. The van der Waals surface area contributed by atoms with Crippen molar-refractivity contribution in [2.24, 2.45) is 11.7 Å². The van der Waals surface area contributed by atoms with E-state index in [1.165, 1.54) is 5.56 Å². The van der Waals surface area contributed by atoms with Gasteiger partial charge >= 0.3 is 0 Å². The van der Waals surface area contributed by atoms with Gasteiger partial charge in [0.15, 0.2) is 0 Å². The second kappa shape index (κ2) is 9.27. The lowest BCUT2D eigenvalue weighted by Gasteiger charge is -2.11. The maximum absolute atomic E-state index is 10.9. The minimum Gasteiger partial charge on any atom is -0.493 e. The van der Waals surface area contributed by atoms with Crippen LogP contribution in [-0.4, -0.2) is 12.5 Å². The van der Waals surface area contributed by atoms with Crippen LogP contribution in [0.15, 0.2) is 60.7 Å². The number of fused-ring (bicyclic) bond motifs is 1. The topological polar surface area (TPSA) is 61.6 Å². The van der Waals surface area contributed by atoms with E-state index in [9.17, 15) is 4.79 Å². The average molecular weight is 377 g/mol. The average Bonchev–Trinajstić information content (AvgIpc) is 2.67. The minimum atomic E-state index is -0.248. The molecule has 3 aromatic carbocycles. The summed E-state index contributed by atoms with van der Waals surface area (Å²) in [6.07, 6.45) is 2.05. The molecule has 0 saturated heterocycles. The Labute approximate surface area is 166 Å². The zero-order valence-electron chi connectivity index (χ0n) is 16.5. The highest BCUT2D eigenvalue weighted by molar-refractivity contribution is 5.84. The van der Waals surface area contributed by atoms with E-state index >= 15 is 0 Å². The normalized spacial score (nSPS) is 11.0. The molecule has 0 aliphatic rings. The van der Waals surface area contributed by atoms with Gasteiger partial charge in [-0.2, -0.15) is 0 Å². The van der Waals surface area contributed by atoms with Crippen molar-refractivity contribution in [1.29, 1.82) is 0 Å². The molecule has 0 heterocycles. The summed E-state index contributed by atoms with van der Waals surface area (Å²) in [5.41, 5.74) is 6.41. The van der Waals surface area contributed by atoms with Crippen molar-refractivity contribution in [3.63, 3.8) is 0 Å². The van der Waals surface area contributed by atoms with Gasteiger partial charge in [-0.3, -0.25) is 4.79 Å². The van der Waals surface area contributed by atoms with Gasteiger partial charge in [-0.1, -0.05) is 38.1 Å². The second-order valence-electron chi connectivity index (χ2n) is 7.44. The van der Waals surface area contributed by atoms with Crippen molar-refractivity contribution in [2.75, 3.05) is 6.61 Å². The van der Waals surface area contributed by atoms with Crippen molar-refractivity contribution >= 4 is 16.7 Å². The van der Waals surface area contributed by atoms with Crippen molar-refractivity contribution in [2.45, 2.75) is 33.1 Å². The molecule has 4 heteroatoms. The zero-order valence-corrected chi connectivity index (χ0v) is 16.5. The first kappa shape index (κ1) is 19.7. The van der Waals surface area contributed by atoms with Gasteiger partial charge in [0, 0.05) is 6.42 Å². The Hall–Kier alpha value is -3.01. The molecule has 0 saturated carbocycles. The molecule has 0 aliphatic heterocycles. The van der Waals surface area contributed by atoms with Crippen molar-refractivity contribution in [3.8, 4) is 17.2 Å². The fourth-order valence-electron chi connectivity index (χ4n) is 2.96. The van der Waals surface area contributed by atoms with Crippen LogP contribution >= 0.6 is 0 Å². The second-order valence-corrected chi connectivity index (χ2v) is 7.44. The van der Waals surface area contributed by atoms with Crippen LogP contribution in [0.3, 0.4) is 0 Å². The SMILES string of the molecule is CC(C)COc1ccc(Oc2ccc3cc(CCCC(N)=O)ccc3c2)cc1. The highest BCUT2D eigenvalue weighted by Gasteiger charge is 2.03. The molecule has 0 radical (unpaired) electrons. The third-order valence-corrected chi connectivity index (χ3v) is 4.41. The Bertz CT molecular complexity index is 932. The number of benzene rings is 3. The largest absolute Gasteiger partial charge is 0.493 e. The van der Waals surface area contributed by atoms with E-state index in [0.29, 0.717) is 18.9 Å². The monoisotopic (exact) mass is 377 g/mol. The molecule has 4 nitrogen and oxygen atoms in total. The fraction of sp³-hybridized carbons (Fsp3) is 0.292. The summed E-state index contributed by atoms with van der Waals surface area (Å²) in [6.45, 7) is 4.96. The van der Waals surface area contributed by atoms with Gasteiger partial charge < -0.3 is 15.2 Å². The van der Waals surface area contributed by atoms with E-state index in [0.717, 1.165) is 40.9 Å². The van der Waals surface area contributed by atoms with E-state index in [1.54, 1.807) is 0 Å². The molecule has 0 fully saturated rings. The molecular weight excluding hydrogens is 350 g/mol. The lowest BCUT2D eigenvalue weighted by Crippen LogP contribution is -2.10. The summed E-state index contributed by atoms with van der Waals surface area (Å²) >= 11 is 0. The van der Waals surface area contributed by atoms with Gasteiger partial charge in [0.1, 0.15) is 17.2 Å². The molecule has 28 heavy (non-hydrogen) atoms. The number of rotatable bonds is 9. The molecule has 146 valence electrons. The third-order valence-electron chi connectivity index (χ3n) is 4.41. The van der Waals surface area contributed by atoms with E-state index in [-0.39, 0.29) is 5.91 Å². The molecule has 0 spiro atoms. The lowest BCUT2D eigenvalue weighted by atomic mass is 10.0. The Kier molecular flexibility index (Phi) is 6.53. The van der Waals surface area contributed by atoms with E-state index in [2.05, 4.69) is 38.1 Å². The van der Waals surface area contributed by atoms with Gasteiger partial charge in [0.05, 0.1) is 6.61 Å². The molecule has 0 aliphatic carbocycles. The molecular formula is C24H27NO3. The van der Waals surface area contributed by atoms with Gasteiger partial charge in [-0.15, -0.1) is 0 Å². The summed E-state index contributed by atoms with van der Waals surface area (Å²) in [4.78, 5) is 10.9. The first-order valence-electron chi connectivity index (χ1n) is 9.71. The highest BCUT2D eigenvalue weighted by Crippen LogP contribution is 2.28. The Morgan fingerprint density at radius 3 is 2.25 bits per heavy atom. The van der Waals surface area contributed by atoms with Crippen LogP contribution in [0.1, 0.15) is 32.3 Å². The van der Waals surface area contributed by atoms with Gasteiger partial charge in [0.2, 0.25) is 5.91 Å². The van der Waals surface area contributed by atoms with Crippen LogP contribution in [0.2, 0.25) is 0 Å². The smallest absolute Gasteiger partial charge is 0.217 e. The maximum atomic E-state index is 10.9. The summed E-state index contributed by atoms with van der Waals surface area (Å²) in [7, 11) is 0. The predicted molar refractivity (Wildman–Crippen MR) is 113 cm³/mol. The number of carbonyl (C=O) groups is 1. The Morgan fingerprint density at radius 2 is 1.54 bits per heavy atom. The van der Waals surface area contributed by atoms with E-state index in [4.69, 9.17) is 15.2 Å². The molecule has 1 amide bonds. The van der Waals surface area contributed by atoms with Crippen LogP contribution in [0.5, 0.6) is 17.2 Å². The van der Waals surface area contributed by atoms with Crippen LogP contribution in [0.25, 0.3) is 10.8 Å². The number of aryl methyl sites for hydroxylation is 1. The first-order chi connectivity index (χ1) is 13.5. The summed E-state index contributed by atoms with van der Waals surface area (Å²) in [5.74, 6) is 2.67. The van der Waals surface area contributed by atoms with E-state index < -0.39 is 0 Å². The standard InChI is InChI=1S/C24H27NO3/c1-17(2)16-27-21-10-12-22(13-11-21)28-23-9-8-19-14-18(4-3-5-24(25)26)6-7-20(19)15-23/h6-15,17H,3-5,16H2,1-2H3,(H2,25,26). The number of ether oxygens (including phenoxy) is 2. The summed E-state index contributed by atoms with van der Waals surface area (Å²) in [6, 6.07) is 20.1. The van der Waals surface area contributed by atoms with Crippen LogP contribution in [0.4, 0.5) is 0 Å². The van der Waals surface area contributed by atoms with Gasteiger partial charge in [-0.05, 0) is 71.5 Å². The van der Waals surface area contributed by atoms with Crippen molar-refractivity contribution in [1.82, 2.24) is 0 Å². The molecule has 0 atom stereocenters. The third kappa shape index (κ3) is 5.74. The van der Waals surface area contributed by atoms with E-state index in [1.807, 2.05) is 36.4 Å². The summed E-state index contributed by atoms with van der Waals surface area (Å²) in [5, 5.41) is 2.27. The molecule has 0 aromatic heterocycles. The first-order valence-corrected chi connectivity index (χ1v) is 9.71. The number of hydrogen-bond acceptors (Lipinski definition) is 3. The van der Waals surface area contributed by atoms with Crippen molar-refractivity contribution < 1.29 is 14.3 Å². The van der Waals surface area contributed by atoms with Crippen LogP contribution < -0.4 is 15.2 Å². The highest BCUT2D eigenvalue weighted by atomic mass is 16.5. The summed E-state index contributed by atoms with van der Waals surface area (Å²) < 4.78 is 11.7. The fourth-order valence-corrected chi connectivity index (χ4v) is 2.96. The maximum Gasteiger partial charge on any atom is 0.217 e. The van der Waals surface area contributed by atoms with Crippen molar-refractivity contribution in [3.05, 3.63) is 66.2 Å². The van der Waals surface area contributed by atoms with Gasteiger partial charge in [-0.25, -0.2) is 0 Å². The molecule has 0 unspecified atom stereocenters. The Balaban J connectivity index is 1.64. The molecule has 2 N–H and O–H groups in total. The number of primary amides is 1. The number of carbonyl (C=O) groups excluding carboxylic acids is 1. The number of hydrogen-bond donors (Lipinski definition) is 1. The van der Waals surface area contributed by atoms with Crippen LogP contribution in [-0.2, 0) is 11.2 Å². The molecule has 3 rings (SSSR count). The lowest BCUT2D eigenvalue weighted by molar-refractivity contribution is -0.118. The molecule has 0 bridgehead atoms. The zero-order chi connectivity index (χ0) is 19.9. The minimum absolute atomic E-state index is 0.248. The quantitative estimate of drug-likeness (QED) is 0.537.